The molecule has 82 valence electrons. The van der Waals surface area contributed by atoms with Crippen LogP contribution in [0.5, 0.6) is 5.75 Å². The maximum absolute atomic E-state index is 9.48. The molecule has 1 aromatic rings. The van der Waals surface area contributed by atoms with E-state index in [-0.39, 0.29) is 0 Å². The van der Waals surface area contributed by atoms with Gasteiger partial charge in [-0.25, -0.2) is 0 Å². The summed E-state index contributed by atoms with van der Waals surface area (Å²) in [6.07, 6.45) is 6.72. The van der Waals surface area contributed by atoms with Gasteiger partial charge in [0.2, 0.25) is 0 Å². The van der Waals surface area contributed by atoms with Gasteiger partial charge >= 0.3 is 0 Å². The molecule has 0 spiro atoms. The molecule has 15 heavy (non-hydrogen) atoms. The van der Waals surface area contributed by atoms with Crippen molar-refractivity contribution in [1.29, 1.82) is 0 Å². The van der Waals surface area contributed by atoms with Crippen LogP contribution in [0.2, 0.25) is 0 Å². The molecule has 0 aromatic heterocycles. The highest BCUT2D eigenvalue weighted by atomic mass is 16.3. The zero-order chi connectivity index (χ0) is 10.9. The van der Waals surface area contributed by atoms with Crippen LogP contribution in [0.3, 0.4) is 0 Å². The molecule has 0 heterocycles. The van der Waals surface area contributed by atoms with Gasteiger partial charge in [0, 0.05) is 5.56 Å². The van der Waals surface area contributed by atoms with Gasteiger partial charge in [-0.2, -0.15) is 0 Å². The molecule has 2 nitrogen and oxygen atoms in total. The quantitative estimate of drug-likeness (QED) is 0.559. The maximum Gasteiger partial charge on any atom is 0.120 e. The number of para-hydroxylation sites is 1. The normalized spacial score (nSPS) is 11.0. The van der Waals surface area contributed by atoms with Crippen LogP contribution in [-0.2, 0) is 6.54 Å². The van der Waals surface area contributed by atoms with Crippen LogP contribution < -0.4 is 0 Å². The number of phenols is 1. The van der Waals surface area contributed by atoms with Gasteiger partial charge in [0.1, 0.15) is 5.75 Å². The zero-order valence-corrected chi connectivity index (χ0v) is 9.32. The van der Waals surface area contributed by atoms with E-state index in [9.17, 15) is 5.11 Å². The van der Waals surface area contributed by atoms with Crippen molar-refractivity contribution < 1.29 is 5.11 Å². The van der Waals surface area contributed by atoms with Crippen LogP contribution in [0.25, 0.3) is 0 Å². The van der Waals surface area contributed by atoms with Gasteiger partial charge in [0.05, 0.1) is 6.54 Å². The molecule has 0 atom stereocenters. The summed E-state index contributed by atoms with van der Waals surface area (Å²) < 4.78 is 0. The van der Waals surface area contributed by atoms with Gasteiger partial charge in [-0.05, 0) is 25.1 Å². The molecule has 0 amide bonds. The topological polar surface area (TPSA) is 32.6 Å². The Balaban J connectivity index is 2.28. The molecule has 0 radical (unpaired) electrons. The molecular weight excluding hydrogens is 186 g/mol. The summed E-state index contributed by atoms with van der Waals surface area (Å²) in [6.45, 7) is 2.78. The third-order valence-corrected chi connectivity index (χ3v) is 2.32. The number of nitrogens with zero attached hydrogens (tertiary/aromatic N) is 1. The highest BCUT2D eigenvalue weighted by Crippen LogP contribution is 2.15. The highest BCUT2D eigenvalue weighted by molar-refractivity contribution is 5.57. The summed E-state index contributed by atoms with van der Waals surface area (Å²) in [5.41, 5.74) is 0.893. The Morgan fingerprint density at radius 3 is 2.80 bits per heavy atom. The lowest BCUT2D eigenvalue weighted by Crippen LogP contribution is -1.84. The number of benzene rings is 1. The number of unbranched alkanes of at least 4 members (excludes halogenated alkanes) is 3. The molecular formula is C13H19NO. The van der Waals surface area contributed by atoms with Crippen molar-refractivity contribution in [2.45, 2.75) is 39.2 Å². The van der Waals surface area contributed by atoms with Crippen molar-refractivity contribution in [3.63, 3.8) is 0 Å². The van der Waals surface area contributed by atoms with Gasteiger partial charge < -0.3 is 5.11 Å². The van der Waals surface area contributed by atoms with Crippen molar-refractivity contribution in [1.82, 2.24) is 0 Å². The van der Waals surface area contributed by atoms with Gasteiger partial charge in [0.15, 0.2) is 0 Å². The molecule has 0 unspecified atom stereocenters. The zero-order valence-electron chi connectivity index (χ0n) is 9.32. The van der Waals surface area contributed by atoms with Crippen molar-refractivity contribution in [2.24, 2.45) is 4.99 Å². The van der Waals surface area contributed by atoms with Crippen LogP contribution in [0.4, 0.5) is 0 Å². The number of phenolic OH excluding ortho intramolecular Hbond substituents is 1. The summed E-state index contributed by atoms with van der Waals surface area (Å²) in [5.74, 6) is 0.336. The van der Waals surface area contributed by atoms with Crippen LogP contribution in [-0.4, -0.2) is 11.3 Å². The van der Waals surface area contributed by atoms with Crippen molar-refractivity contribution in [3.8, 4) is 5.75 Å². The van der Waals surface area contributed by atoms with Crippen LogP contribution in [0, 0.1) is 0 Å². The molecule has 0 fully saturated rings. The fourth-order valence-corrected chi connectivity index (χ4v) is 1.38. The first-order chi connectivity index (χ1) is 7.34. The van der Waals surface area contributed by atoms with E-state index in [0.29, 0.717) is 12.3 Å². The summed E-state index contributed by atoms with van der Waals surface area (Å²) in [7, 11) is 0. The van der Waals surface area contributed by atoms with E-state index in [4.69, 9.17) is 0 Å². The van der Waals surface area contributed by atoms with Gasteiger partial charge in [0.25, 0.3) is 0 Å². The fraction of sp³-hybridized carbons (Fsp3) is 0.462. The largest absolute Gasteiger partial charge is 0.508 e. The summed E-state index contributed by atoms with van der Waals surface area (Å²) >= 11 is 0. The maximum atomic E-state index is 9.48. The van der Waals surface area contributed by atoms with E-state index >= 15 is 0 Å². The minimum absolute atomic E-state index is 0.336. The van der Waals surface area contributed by atoms with Crippen LogP contribution >= 0.6 is 0 Å². The number of rotatable bonds is 6. The molecule has 0 aliphatic rings. The van der Waals surface area contributed by atoms with Gasteiger partial charge in [-0.3, -0.25) is 4.99 Å². The van der Waals surface area contributed by atoms with E-state index in [0.717, 1.165) is 12.0 Å². The van der Waals surface area contributed by atoms with Gasteiger partial charge in [-0.1, -0.05) is 38.0 Å². The smallest absolute Gasteiger partial charge is 0.120 e. The lowest BCUT2D eigenvalue weighted by Gasteiger charge is -1.99. The number of aromatic hydroxyl groups is 1. The van der Waals surface area contributed by atoms with E-state index < -0.39 is 0 Å². The Kier molecular flexibility index (Phi) is 5.52. The Morgan fingerprint density at radius 2 is 2.07 bits per heavy atom. The van der Waals surface area contributed by atoms with Gasteiger partial charge in [-0.15, -0.1) is 0 Å². The van der Waals surface area contributed by atoms with Crippen molar-refractivity contribution in [2.75, 3.05) is 0 Å². The predicted octanol–water partition coefficient (Wildman–Crippen LogP) is 3.54. The highest BCUT2D eigenvalue weighted by Gasteiger charge is 1.95. The number of hydrogen-bond acceptors (Lipinski definition) is 2. The average molecular weight is 205 g/mol. The predicted molar refractivity (Wildman–Crippen MR) is 64.4 cm³/mol. The number of hydrogen-bond donors (Lipinski definition) is 1. The molecule has 0 aliphatic carbocycles. The second kappa shape index (κ2) is 7.04. The third-order valence-electron chi connectivity index (χ3n) is 2.32. The minimum atomic E-state index is 0.336. The summed E-state index contributed by atoms with van der Waals surface area (Å²) in [5, 5.41) is 9.48. The van der Waals surface area contributed by atoms with Crippen LogP contribution in [0.15, 0.2) is 29.3 Å². The van der Waals surface area contributed by atoms with Crippen molar-refractivity contribution >= 4 is 6.21 Å². The Morgan fingerprint density at radius 1 is 1.27 bits per heavy atom. The first kappa shape index (κ1) is 11.8. The van der Waals surface area contributed by atoms with Crippen LogP contribution in [0.1, 0.15) is 38.2 Å². The second-order valence-electron chi connectivity index (χ2n) is 3.65. The molecule has 1 aromatic carbocycles. The molecule has 2 heteroatoms. The molecule has 1 rings (SSSR count). The minimum Gasteiger partial charge on any atom is -0.508 e. The standard InChI is InChI=1S/C13H19NO/c1-2-3-4-7-10-14-11-12-8-5-6-9-13(12)15/h5-6,8-10,15H,2-4,7,11H2,1H3. The molecule has 0 aliphatic heterocycles. The fourth-order valence-electron chi connectivity index (χ4n) is 1.38. The Bertz CT molecular complexity index is 307. The third kappa shape index (κ3) is 4.63. The molecule has 0 bridgehead atoms. The summed E-state index contributed by atoms with van der Waals surface area (Å²) in [4.78, 5) is 4.29. The lowest BCUT2D eigenvalue weighted by molar-refractivity contribution is 0.468. The molecule has 0 saturated carbocycles. The number of aliphatic imine (C=N–C) groups is 1. The van der Waals surface area contributed by atoms with E-state index in [1.165, 1.54) is 19.3 Å². The monoisotopic (exact) mass is 205 g/mol. The second-order valence-corrected chi connectivity index (χ2v) is 3.65. The lowest BCUT2D eigenvalue weighted by atomic mass is 10.2. The average Bonchev–Trinajstić information content (AvgIpc) is 2.25. The van der Waals surface area contributed by atoms with E-state index in [1.807, 2.05) is 24.4 Å². The Labute approximate surface area is 91.7 Å². The molecule has 1 N–H and O–H groups in total. The SMILES string of the molecule is CCCCCC=NCc1ccccc1O. The Hall–Kier alpha value is -1.31. The van der Waals surface area contributed by atoms with E-state index in [1.54, 1.807) is 6.07 Å². The molecule has 0 saturated heterocycles. The van der Waals surface area contributed by atoms with Crippen molar-refractivity contribution in [3.05, 3.63) is 29.8 Å². The first-order valence-corrected chi connectivity index (χ1v) is 5.59. The first-order valence-electron chi connectivity index (χ1n) is 5.59. The summed E-state index contributed by atoms with van der Waals surface area (Å²) in [6, 6.07) is 7.34. The van der Waals surface area contributed by atoms with E-state index in [2.05, 4.69) is 11.9 Å².